The Hall–Kier alpha value is -2.95. The van der Waals surface area contributed by atoms with Crippen LogP contribution in [0.4, 0.5) is 11.4 Å². The van der Waals surface area contributed by atoms with Gasteiger partial charge in [0.25, 0.3) is 5.91 Å². The van der Waals surface area contributed by atoms with Gasteiger partial charge in [-0.2, -0.15) is 0 Å². The van der Waals surface area contributed by atoms with Crippen molar-refractivity contribution in [3.05, 3.63) is 59.2 Å². The molecule has 134 valence electrons. The largest absolute Gasteiger partial charge is 0.308 e. The molecule has 0 aromatic heterocycles. The zero-order valence-corrected chi connectivity index (χ0v) is 15.3. The molecule has 2 aromatic carbocycles. The first-order valence-electron chi connectivity index (χ1n) is 8.77. The molecule has 3 amide bonds. The van der Waals surface area contributed by atoms with Gasteiger partial charge in [-0.3, -0.25) is 19.3 Å². The molecule has 5 heteroatoms. The maximum Gasteiger partial charge on any atom is 0.258 e. The molecular formula is C21H22N2O3. The van der Waals surface area contributed by atoms with Gasteiger partial charge in [0.2, 0.25) is 11.8 Å². The number of benzene rings is 2. The van der Waals surface area contributed by atoms with Gasteiger partial charge in [-0.15, -0.1) is 0 Å². The van der Waals surface area contributed by atoms with Crippen LogP contribution in [0.25, 0.3) is 0 Å². The van der Waals surface area contributed by atoms with E-state index in [1.165, 1.54) is 4.90 Å². The SMILES string of the molecule is CCN(C(=O)c1ccc(N2C(=O)CCC2=O)cc1)c1cc(C)ccc1C. The third kappa shape index (κ3) is 3.25. The quantitative estimate of drug-likeness (QED) is 0.791. The standard InChI is InChI=1S/C21H22N2O3/c1-4-22(18-13-14(2)5-6-15(18)3)21(26)16-7-9-17(10-8-16)23-19(24)11-12-20(23)25/h5-10,13H,4,11-12H2,1-3H3. The Labute approximate surface area is 153 Å². The highest BCUT2D eigenvalue weighted by Gasteiger charge is 2.30. The van der Waals surface area contributed by atoms with Crippen LogP contribution in [0.15, 0.2) is 42.5 Å². The highest BCUT2D eigenvalue weighted by molar-refractivity contribution is 6.20. The van der Waals surface area contributed by atoms with Gasteiger partial charge < -0.3 is 4.90 Å². The lowest BCUT2D eigenvalue weighted by Crippen LogP contribution is -2.31. The van der Waals surface area contributed by atoms with Gasteiger partial charge in [-0.1, -0.05) is 12.1 Å². The summed E-state index contributed by atoms with van der Waals surface area (Å²) in [5.74, 6) is -0.494. The Morgan fingerprint density at radius 1 is 1.00 bits per heavy atom. The molecule has 26 heavy (non-hydrogen) atoms. The van der Waals surface area contributed by atoms with Crippen LogP contribution in [-0.2, 0) is 9.59 Å². The monoisotopic (exact) mass is 350 g/mol. The maximum atomic E-state index is 13.0. The molecule has 0 bridgehead atoms. The lowest BCUT2D eigenvalue weighted by Gasteiger charge is -2.24. The molecule has 1 saturated heterocycles. The summed E-state index contributed by atoms with van der Waals surface area (Å²) >= 11 is 0. The number of imide groups is 1. The fraction of sp³-hybridized carbons (Fsp3) is 0.286. The minimum Gasteiger partial charge on any atom is -0.308 e. The first-order valence-corrected chi connectivity index (χ1v) is 8.77. The van der Waals surface area contributed by atoms with Crippen molar-refractivity contribution in [2.45, 2.75) is 33.6 Å². The lowest BCUT2D eigenvalue weighted by molar-refractivity contribution is -0.121. The first kappa shape index (κ1) is 17.9. The average Bonchev–Trinajstić information content (AvgIpc) is 2.97. The van der Waals surface area contributed by atoms with E-state index in [2.05, 4.69) is 0 Å². The summed E-state index contributed by atoms with van der Waals surface area (Å²) < 4.78 is 0. The summed E-state index contributed by atoms with van der Waals surface area (Å²) in [6, 6.07) is 12.7. The van der Waals surface area contributed by atoms with E-state index in [0.29, 0.717) is 17.8 Å². The molecule has 3 rings (SSSR count). The smallest absolute Gasteiger partial charge is 0.258 e. The van der Waals surface area contributed by atoms with E-state index in [0.717, 1.165) is 16.8 Å². The number of hydrogen-bond donors (Lipinski definition) is 0. The molecule has 0 saturated carbocycles. The molecule has 1 aliphatic rings. The summed E-state index contributed by atoms with van der Waals surface area (Å²) in [6.07, 6.45) is 0.492. The van der Waals surface area contributed by atoms with E-state index in [1.807, 2.05) is 39.0 Å². The second-order valence-corrected chi connectivity index (χ2v) is 6.51. The number of hydrogen-bond acceptors (Lipinski definition) is 3. The van der Waals surface area contributed by atoms with Crippen molar-refractivity contribution in [1.82, 2.24) is 0 Å². The van der Waals surface area contributed by atoms with E-state index < -0.39 is 0 Å². The Bertz CT molecular complexity index is 855. The lowest BCUT2D eigenvalue weighted by atomic mass is 10.1. The molecule has 1 fully saturated rings. The third-order valence-corrected chi connectivity index (χ3v) is 4.64. The van der Waals surface area contributed by atoms with Crippen molar-refractivity contribution in [2.24, 2.45) is 0 Å². The second kappa shape index (κ2) is 7.12. The number of nitrogens with zero attached hydrogens (tertiary/aromatic N) is 2. The highest BCUT2D eigenvalue weighted by atomic mass is 16.2. The zero-order chi connectivity index (χ0) is 18.8. The molecule has 0 unspecified atom stereocenters. The van der Waals surface area contributed by atoms with E-state index in [4.69, 9.17) is 0 Å². The molecule has 0 radical (unpaired) electrons. The molecule has 2 aromatic rings. The summed E-state index contributed by atoms with van der Waals surface area (Å²) in [5, 5.41) is 0. The maximum absolute atomic E-state index is 13.0. The van der Waals surface area contributed by atoms with Gasteiger partial charge in [0.05, 0.1) is 5.69 Å². The number of carbonyl (C=O) groups is 3. The van der Waals surface area contributed by atoms with E-state index in [-0.39, 0.29) is 30.6 Å². The number of anilines is 2. The molecule has 1 heterocycles. The van der Waals surface area contributed by atoms with Crippen molar-refractivity contribution >= 4 is 29.1 Å². The van der Waals surface area contributed by atoms with Crippen molar-refractivity contribution < 1.29 is 14.4 Å². The molecule has 0 atom stereocenters. The first-order chi connectivity index (χ1) is 12.4. The molecule has 5 nitrogen and oxygen atoms in total. The van der Waals surface area contributed by atoms with Crippen molar-refractivity contribution in [3.8, 4) is 0 Å². The zero-order valence-electron chi connectivity index (χ0n) is 15.3. The number of aryl methyl sites for hydroxylation is 2. The van der Waals surface area contributed by atoms with Crippen LogP contribution in [0.2, 0.25) is 0 Å². The van der Waals surface area contributed by atoms with Gasteiger partial charge >= 0.3 is 0 Å². The van der Waals surface area contributed by atoms with Crippen LogP contribution in [-0.4, -0.2) is 24.3 Å². The fourth-order valence-electron chi connectivity index (χ4n) is 3.21. The summed E-state index contributed by atoms with van der Waals surface area (Å²) in [7, 11) is 0. The van der Waals surface area contributed by atoms with Crippen LogP contribution >= 0.6 is 0 Å². The molecule has 0 spiro atoms. The van der Waals surface area contributed by atoms with Crippen LogP contribution in [0.1, 0.15) is 41.3 Å². The van der Waals surface area contributed by atoms with Crippen LogP contribution in [0.5, 0.6) is 0 Å². The van der Waals surface area contributed by atoms with Gasteiger partial charge in [0, 0.05) is 30.6 Å². The number of carbonyl (C=O) groups excluding carboxylic acids is 3. The second-order valence-electron chi connectivity index (χ2n) is 6.51. The molecule has 1 aliphatic heterocycles. The summed E-state index contributed by atoms with van der Waals surface area (Å²) in [4.78, 5) is 39.6. The molecule has 0 aliphatic carbocycles. The summed E-state index contributed by atoms with van der Waals surface area (Å²) in [5.41, 5.74) is 4.07. The van der Waals surface area contributed by atoms with Crippen molar-refractivity contribution in [1.29, 1.82) is 0 Å². The third-order valence-electron chi connectivity index (χ3n) is 4.64. The minimum absolute atomic E-state index is 0.105. The number of amides is 3. The van der Waals surface area contributed by atoms with Gasteiger partial charge in [-0.25, -0.2) is 0 Å². The van der Waals surface area contributed by atoms with Crippen molar-refractivity contribution in [3.63, 3.8) is 0 Å². The van der Waals surface area contributed by atoms with E-state index in [1.54, 1.807) is 29.2 Å². The van der Waals surface area contributed by atoms with Gasteiger partial charge in [-0.05, 0) is 62.2 Å². The highest BCUT2D eigenvalue weighted by Crippen LogP contribution is 2.26. The summed E-state index contributed by atoms with van der Waals surface area (Å²) in [6.45, 7) is 6.47. The fourth-order valence-corrected chi connectivity index (χ4v) is 3.21. The Morgan fingerprint density at radius 2 is 1.62 bits per heavy atom. The van der Waals surface area contributed by atoms with Gasteiger partial charge in [0.15, 0.2) is 0 Å². The van der Waals surface area contributed by atoms with E-state index >= 15 is 0 Å². The molecular weight excluding hydrogens is 328 g/mol. The average molecular weight is 350 g/mol. The Morgan fingerprint density at radius 3 is 2.19 bits per heavy atom. The van der Waals surface area contributed by atoms with Crippen molar-refractivity contribution in [2.75, 3.05) is 16.3 Å². The predicted molar refractivity (Wildman–Crippen MR) is 101 cm³/mol. The molecule has 0 N–H and O–H groups in total. The topological polar surface area (TPSA) is 57.7 Å². The normalized spacial score (nSPS) is 14.0. The predicted octanol–water partition coefficient (Wildman–Crippen LogP) is 3.62. The van der Waals surface area contributed by atoms with Crippen LogP contribution in [0, 0.1) is 13.8 Å². The Balaban J connectivity index is 1.88. The van der Waals surface area contributed by atoms with Crippen LogP contribution in [0.3, 0.4) is 0 Å². The van der Waals surface area contributed by atoms with Crippen LogP contribution < -0.4 is 9.80 Å². The minimum atomic E-state index is -0.195. The Kier molecular flexibility index (Phi) is 4.89. The van der Waals surface area contributed by atoms with Gasteiger partial charge in [0.1, 0.15) is 0 Å². The van der Waals surface area contributed by atoms with E-state index in [9.17, 15) is 14.4 Å². The number of rotatable bonds is 4.